The molecule has 0 saturated heterocycles. The van der Waals surface area contributed by atoms with E-state index in [9.17, 15) is 0 Å². The van der Waals surface area contributed by atoms with E-state index >= 15 is 0 Å². The maximum absolute atomic E-state index is 5.90. The molecule has 1 atom stereocenters. The Bertz CT molecular complexity index is 485. The predicted octanol–water partition coefficient (Wildman–Crippen LogP) is 3.45. The lowest BCUT2D eigenvalue weighted by molar-refractivity contribution is 0.215. The molecule has 3 heteroatoms. The van der Waals surface area contributed by atoms with Gasteiger partial charge in [0, 0.05) is 6.54 Å². The van der Waals surface area contributed by atoms with Crippen molar-refractivity contribution in [1.29, 1.82) is 0 Å². The van der Waals surface area contributed by atoms with Crippen LogP contribution in [0, 0.1) is 13.8 Å². The van der Waals surface area contributed by atoms with E-state index in [0.29, 0.717) is 0 Å². The van der Waals surface area contributed by atoms with Crippen molar-refractivity contribution in [3.8, 4) is 5.75 Å². The van der Waals surface area contributed by atoms with Crippen LogP contribution in [0.25, 0.3) is 0 Å². The zero-order valence-corrected chi connectivity index (χ0v) is 11.8. The van der Waals surface area contributed by atoms with E-state index in [-0.39, 0.29) is 6.10 Å². The Morgan fingerprint density at radius 2 is 1.95 bits per heavy atom. The predicted molar refractivity (Wildman–Crippen MR) is 76.4 cm³/mol. The molecule has 0 bridgehead atoms. The third-order valence-corrected chi connectivity index (χ3v) is 2.84. The van der Waals surface area contributed by atoms with Crippen LogP contribution in [0.15, 0.2) is 41.0 Å². The van der Waals surface area contributed by atoms with Gasteiger partial charge in [-0.05, 0) is 56.2 Å². The quantitative estimate of drug-likeness (QED) is 0.862. The fourth-order valence-electron chi connectivity index (χ4n) is 2.09. The highest BCUT2D eigenvalue weighted by molar-refractivity contribution is 5.33. The topological polar surface area (TPSA) is 34.4 Å². The Morgan fingerprint density at radius 3 is 2.58 bits per heavy atom. The van der Waals surface area contributed by atoms with Crippen molar-refractivity contribution in [2.24, 2.45) is 0 Å². The van der Waals surface area contributed by atoms with E-state index in [1.165, 1.54) is 11.1 Å². The first kappa shape index (κ1) is 13.7. The highest BCUT2D eigenvalue weighted by Crippen LogP contribution is 2.17. The van der Waals surface area contributed by atoms with Crippen LogP contribution < -0.4 is 10.1 Å². The molecule has 19 heavy (non-hydrogen) atoms. The molecule has 2 rings (SSSR count). The first-order valence-corrected chi connectivity index (χ1v) is 6.61. The van der Waals surface area contributed by atoms with Crippen LogP contribution in [-0.2, 0) is 6.54 Å². The van der Waals surface area contributed by atoms with Crippen LogP contribution in [0.2, 0.25) is 0 Å². The minimum Gasteiger partial charge on any atom is -0.489 e. The van der Waals surface area contributed by atoms with Gasteiger partial charge >= 0.3 is 0 Å². The molecule has 1 N–H and O–H groups in total. The maximum atomic E-state index is 5.90. The molecule has 1 heterocycles. The van der Waals surface area contributed by atoms with Gasteiger partial charge in [-0.2, -0.15) is 0 Å². The summed E-state index contributed by atoms with van der Waals surface area (Å²) in [5.74, 6) is 1.88. The Labute approximate surface area is 114 Å². The molecule has 0 aliphatic heterocycles. The highest BCUT2D eigenvalue weighted by atomic mass is 16.5. The summed E-state index contributed by atoms with van der Waals surface area (Å²) in [5.41, 5.74) is 2.46. The van der Waals surface area contributed by atoms with E-state index in [1.807, 2.05) is 12.1 Å². The molecule has 0 saturated carbocycles. The lowest BCUT2D eigenvalue weighted by Gasteiger charge is -2.16. The number of furan rings is 1. The van der Waals surface area contributed by atoms with Gasteiger partial charge in [0.2, 0.25) is 0 Å². The molecule has 0 aliphatic carbocycles. The van der Waals surface area contributed by atoms with E-state index in [1.54, 1.807) is 6.26 Å². The summed E-state index contributed by atoms with van der Waals surface area (Å²) < 4.78 is 11.2. The zero-order valence-electron chi connectivity index (χ0n) is 11.8. The molecule has 1 aromatic heterocycles. The van der Waals surface area contributed by atoms with Crippen molar-refractivity contribution in [3.63, 3.8) is 0 Å². The number of aryl methyl sites for hydroxylation is 2. The second-order valence-corrected chi connectivity index (χ2v) is 4.96. The molecule has 1 unspecified atom stereocenters. The number of hydrogen-bond acceptors (Lipinski definition) is 3. The minimum absolute atomic E-state index is 0.121. The number of ether oxygens (including phenoxy) is 1. The van der Waals surface area contributed by atoms with Crippen molar-refractivity contribution in [2.45, 2.75) is 33.4 Å². The molecular formula is C16H21NO2. The average Bonchev–Trinajstić information content (AvgIpc) is 2.80. The summed E-state index contributed by atoms with van der Waals surface area (Å²) in [6.45, 7) is 7.74. The van der Waals surface area contributed by atoms with Gasteiger partial charge in [0.05, 0.1) is 12.8 Å². The van der Waals surface area contributed by atoms with Crippen LogP contribution in [0.5, 0.6) is 5.75 Å². The lowest BCUT2D eigenvalue weighted by atomic mass is 10.1. The van der Waals surface area contributed by atoms with E-state index in [4.69, 9.17) is 9.15 Å². The lowest BCUT2D eigenvalue weighted by Crippen LogP contribution is -2.28. The van der Waals surface area contributed by atoms with Gasteiger partial charge in [-0.3, -0.25) is 0 Å². The van der Waals surface area contributed by atoms with Gasteiger partial charge in [-0.25, -0.2) is 0 Å². The standard InChI is InChI=1S/C16H21NO2/c1-12-7-13(2)9-16(8-12)19-14(3)10-17-11-15-5-4-6-18-15/h4-9,14,17H,10-11H2,1-3H3. The highest BCUT2D eigenvalue weighted by Gasteiger charge is 2.05. The molecule has 0 spiro atoms. The van der Waals surface area contributed by atoms with Gasteiger partial charge in [0.15, 0.2) is 0 Å². The molecule has 0 fully saturated rings. The fourth-order valence-corrected chi connectivity index (χ4v) is 2.09. The van der Waals surface area contributed by atoms with Crippen molar-refractivity contribution in [1.82, 2.24) is 5.32 Å². The van der Waals surface area contributed by atoms with Crippen LogP contribution in [0.4, 0.5) is 0 Å². The molecule has 3 nitrogen and oxygen atoms in total. The molecule has 1 aromatic carbocycles. The zero-order chi connectivity index (χ0) is 13.7. The van der Waals surface area contributed by atoms with Crippen LogP contribution in [0.1, 0.15) is 23.8 Å². The Kier molecular flexibility index (Phi) is 4.63. The van der Waals surface area contributed by atoms with E-state index in [0.717, 1.165) is 24.6 Å². The van der Waals surface area contributed by atoms with Crippen molar-refractivity contribution in [3.05, 3.63) is 53.5 Å². The fraction of sp³-hybridized carbons (Fsp3) is 0.375. The summed E-state index contributed by atoms with van der Waals surface area (Å²) in [7, 11) is 0. The first-order valence-electron chi connectivity index (χ1n) is 6.61. The summed E-state index contributed by atoms with van der Waals surface area (Å²) in [6, 6.07) is 10.1. The monoisotopic (exact) mass is 259 g/mol. The average molecular weight is 259 g/mol. The smallest absolute Gasteiger partial charge is 0.120 e. The summed E-state index contributed by atoms with van der Waals surface area (Å²) in [4.78, 5) is 0. The third kappa shape index (κ3) is 4.45. The Morgan fingerprint density at radius 1 is 1.21 bits per heavy atom. The van der Waals surface area contributed by atoms with Gasteiger partial charge < -0.3 is 14.5 Å². The molecule has 2 aromatic rings. The first-order chi connectivity index (χ1) is 9.13. The minimum atomic E-state index is 0.121. The number of hydrogen-bond donors (Lipinski definition) is 1. The largest absolute Gasteiger partial charge is 0.489 e. The van der Waals surface area contributed by atoms with Crippen LogP contribution >= 0.6 is 0 Å². The van der Waals surface area contributed by atoms with Crippen molar-refractivity contribution < 1.29 is 9.15 Å². The van der Waals surface area contributed by atoms with Gasteiger partial charge in [-0.1, -0.05) is 6.07 Å². The normalized spacial score (nSPS) is 12.4. The molecule has 0 radical (unpaired) electrons. The van der Waals surface area contributed by atoms with Crippen molar-refractivity contribution >= 4 is 0 Å². The van der Waals surface area contributed by atoms with Crippen molar-refractivity contribution in [2.75, 3.05) is 6.54 Å². The molecular weight excluding hydrogens is 238 g/mol. The van der Waals surface area contributed by atoms with Crippen LogP contribution in [-0.4, -0.2) is 12.6 Å². The Balaban J connectivity index is 1.78. The number of nitrogens with one attached hydrogen (secondary N) is 1. The van der Waals surface area contributed by atoms with Gasteiger partial charge in [0.25, 0.3) is 0 Å². The molecule has 0 aliphatic rings. The maximum Gasteiger partial charge on any atom is 0.120 e. The molecule has 0 amide bonds. The summed E-state index contributed by atoms with van der Waals surface area (Å²) in [5, 5.41) is 3.32. The SMILES string of the molecule is Cc1cc(C)cc(OC(C)CNCc2ccco2)c1. The summed E-state index contributed by atoms with van der Waals surface area (Å²) >= 11 is 0. The number of benzene rings is 1. The van der Waals surface area contributed by atoms with E-state index < -0.39 is 0 Å². The summed E-state index contributed by atoms with van der Waals surface area (Å²) in [6.07, 6.45) is 1.81. The number of rotatable bonds is 6. The van der Waals surface area contributed by atoms with Crippen LogP contribution in [0.3, 0.4) is 0 Å². The molecule has 102 valence electrons. The third-order valence-electron chi connectivity index (χ3n) is 2.84. The van der Waals surface area contributed by atoms with E-state index in [2.05, 4.69) is 44.3 Å². The second-order valence-electron chi connectivity index (χ2n) is 4.96. The van der Waals surface area contributed by atoms with Gasteiger partial charge in [-0.15, -0.1) is 0 Å². The second kappa shape index (κ2) is 6.43. The van der Waals surface area contributed by atoms with Gasteiger partial charge in [0.1, 0.15) is 17.6 Å². The Hall–Kier alpha value is -1.74.